The number of halogens is 2. The van der Waals surface area contributed by atoms with Crippen LogP contribution in [0.15, 0.2) is 54.6 Å². The third-order valence-corrected chi connectivity index (χ3v) is 5.15. The zero-order valence-corrected chi connectivity index (χ0v) is 16.2. The standard InChI is InChI=1S/C21H18ClFN4O2/c22-16-5-1-14(2-6-16)18-13-19(25-24-18)21(29)27-11-9-26(10-12-27)20(28)15-3-7-17(23)8-4-15/h1-8,13H,9-12H2,(H,24,25). The van der Waals surface area contributed by atoms with Gasteiger partial charge in [0.05, 0.1) is 5.69 Å². The summed E-state index contributed by atoms with van der Waals surface area (Å²) in [5, 5.41) is 7.63. The van der Waals surface area contributed by atoms with Gasteiger partial charge in [-0.3, -0.25) is 14.7 Å². The molecule has 1 fully saturated rings. The molecule has 0 aliphatic carbocycles. The lowest BCUT2D eigenvalue weighted by molar-refractivity contribution is 0.0532. The molecule has 1 aliphatic rings. The number of aromatic amines is 1. The number of hydrogen-bond acceptors (Lipinski definition) is 3. The van der Waals surface area contributed by atoms with E-state index in [0.29, 0.717) is 48.2 Å². The predicted molar refractivity (Wildman–Crippen MR) is 107 cm³/mol. The van der Waals surface area contributed by atoms with Crippen molar-refractivity contribution in [3.8, 4) is 11.3 Å². The second kappa shape index (κ2) is 8.05. The van der Waals surface area contributed by atoms with E-state index in [4.69, 9.17) is 11.6 Å². The number of nitrogens with one attached hydrogen (secondary N) is 1. The monoisotopic (exact) mass is 412 g/mol. The Bertz CT molecular complexity index is 1030. The molecular formula is C21H18ClFN4O2. The second-order valence-electron chi connectivity index (χ2n) is 6.77. The van der Waals surface area contributed by atoms with E-state index in [1.54, 1.807) is 28.0 Å². The van der Waals surface area contributed by atoms with Gasteiger partial charge in [0, 0.05) is 42.3 Å². The van der Waals surface area contributed by atoms with Gasteiger partial charge in [0.1, 0.15) is 11.5 Å². The molecule has 4 rings (SSSR count). The number of aromatic nitrogens is 2. The van der Waals surface area contributed by atoms with Crippen molar-refractivity contribution >= 4 is 23.4 Å². The maximum absolute atomic E-state index is 13.0. The van der Waals surface area contributed by atoms with Crippen LogP contribution in [0, 0.1) is 5.82 Å². The number of carbonyl (C=O) groups is 2. The molecule has 148 valence electrons. The van der Waals surface area contributed by atoms with Crippen LogP contribution in [0.1, 0.15) is 20.8 Å². The van der Waals surface area contributed by atoms with Crippen molar-refractivity contribution < 1.29 is 14.0 Å². The number of carbonyl (C=O) groups excluding carboxylic acids is 2. The van der Waals surface area contributed by atoms with Gasteiger partial charge in [-0.25, -0.2) is 4.39 Å². The SMILES string of the molecule is O=C(c1ccc(F)cc1)N1CCN(C(=O)c2cc(-c3ccc(Cl)cc3)n[nH]2)CC1. The molecule has 1 aromatic heterocycles. The quantitative estimate of drug-likeness (QED) is 0.716. The average molecular weight is 413 g/mol. The van der Waals surface area contributed by atoms with Crippen LogP contribution in [0.25, 0.3) is 11.3 Å². The van der Waals surface area contributed by atoms with Crippen molar-refractivity contribution in [3.05, 3.63) is 76.7 Å². The normalized spacial score (nSPS) is 14.1. The van der Waals surface area contributed by atoms with Crippen LogP contribution >= 0.6 is 11.6 Å². The molecule has 0 atom stereocenters. The van der Waals surface area contributed by atoms with Crippen LogP contribution in [0.2, 0.25) is 5.02 Å². The number of H-pyrrole nitrogens is 1. The van der Waals surface area contributed by atoms with E-state index in [0.717, 1.165) is 5.56 Å². The van der Waals surface area contributed by atoms with E-state index >= 15 is 0 Å². The summed E-state index contributed by atoms with van der Waals surface area (Å²) in [6, 6.07) is 14.4. The van der Waals surface area contributed by atoms with Crippen LogP contribution < -0.4 is 0 Å². The molecule has 2 heterocycles. The molecule has 8 heteroatoms. The maximum atomic E-state index is 13.0. The minimum absolute atomic E-state index is 0.161. The second-order valence-corrected chi connectivity index (χ2v) is 7.20. The van der Waals surface area contributed by atoms with Gasteiger partial charge in [0.15, 0.2) is 0 Å². The van der Waals surface area contributed by atoms with Crippen LogP contribution in [-0.4, -0.2) is 58.0 Å². The molecule has 2 amide bonds. The van der Waals surface area contributed by atoms with E-state index < -0.39 is 0 Å². The first-order valence-corrected chi connectivity index (χ1v) is 9.54. The lowest BCUT2D eigenvalue weighted by Gasteiger charge is -2.34. The molecule has 0 spiro atoms. The Labute approximate surface area is 171 Å². The van der Waals surface area contributed by atoms with Gasteiger partial charge < -0.3 is 9.80 Å². The summed E-state index contributed by atoms with van der Waals surface area (Å²) in [5.74, 6) is -0.704. The van der Waals surface area contributed by atoms with E-state index in [2.05, 4.69) is 10.2 Å². The highest BCUT2D eigenvalue weighted by Gasteiger charge is 2.26. The zero-order chi connectivity index (χ0) is 20.4. The number of hydrogen-bond donors (Lipinski definition) is 1. The molecule has 1 aliphatic heterocycles. The van der Waals surface area contributed by atoms with Gasteiger partial charge in [-0.2, -0.15) is 5.10 Å². The number of amides is 2. The first-order valence-electron chi connectivity index (χ1n) is 9.17. The molecule has 29 heavy (non-hydrogen) atoms. The Morgan fingerprint density at radius 3 is 2.10 bits per heavy atom. The molecule has 0 radical (unpaired) electrons. The average Bonchev–Trinajstić information content (AvgIpc) is 3.24. The fourth-order valence-electron chi connectivity index (χ4n) is 3.26. The summed E-state index contributed by atoms with van der Waals surface area (Å²) in [6.07, 6.45) is 0. The lowest BCUT2D eigenvalue weighted by Crippen LogP contribution is -2.50. The predicted octanol–water partition coefficient (Wildman–Crippen LogP) is 3.47. The Hall–Kier alpha value is -3.19. The van der Waals surface area contributed by atoms with Crippen LogP contribution in [-0.2, 0) is 0 Å². The maximum Gasteiger partial charge on any atom is 0.272 e. The summed E-state index contributed by atoms with van der Waals surface area (Å²) in [4.78, 5) is 28.6. The van der Waals surface area contributed by atoms with E-state index in [1.807, 2.05) is 12.1 Å². The van der Waals surface area contributed by atoms with Gasteiger partial charge in [-0.15, -0.1) is 0 Å². The van der Waals surface area contributed by atoms with Crippen molar-refractivity contribution in [2.24, 2.45) is 0 Å². The third kappa shape index (κ3) is 4.14. The Balaban J connectivity index is 1.38. The molecule has 1 saturated heterocycles. The minimum atomic E-state index is -0.380. The van der Waals surface area contributed by atoms with Gasteiger partial charge in [-0.05, 0) is 42.5 Å². The summed E-state index contributed by atoms with van der Waals surface area (Å²) < 4.78 is 13.0. The molecule has 3 aromatic rings. The Morgan fingerprint density at radius 2 is 1.48 bits per heavy atom. The molecular weight excluding hydrogens is 395 g/mol. The van der Waals surface area contributed by atoms with Gasteiger partial charge >= 0.3 is 0 Å². The summed E-state index contributed by atoms with van der Waals surface area (Å²) in [5.41, 5.74) is 2.36. The Morgan fingerprint density at radius 1 is 0.897 bits per heavy atom. The van der Waals surface area contributed by atoms with Crippen molar-refractivity contribution in [3.63, 3.8) is 0 Å². The first kappa shape index (κ1) is 19.1. The fraction of sp³-hybridized carbons (Fsp3) is 0.190. The Kier molecular flexibility index (Phi) is 5.31. The topological polar surface area (TPSA) is 69.3 Å². The van der Waals surface area contributed by atoms with E-state index in [1.165, 1.54) is 24.3 Å². The number of nitrogens with zero attached hydrogens (tertiary/aromatic N) is 3. The highest BCUT2D eigenvalue weighted by atomic mass is 35.5. The molecule has 0 bridgehead atoms. The zero-order valence-electron chi connectivity index (χ0n) is 15.4. The van der Waals surface area contributed by atoms with E-state index in [-0.39, 0.29) is 17.6 Å². The third-order valence-electron chi connectivity index (χ3n) is 4.89. The lowest BCUT2D eigenvalue weighted by atomic mass is 10.1. The van der Waals surface area contributed by atoms with Crippen molar-refractivity contribution in [1.29, 1.82) is 0 Å². The number of rotatable bonds is 3. The highest BCUT2D eigenvalue weighted by molar-refractivity contribution is 6.30. The van der Waals surface area contributed by atoms with Crippen molar-refractivity contribution in [1.82, 2.24) is 20.0 Å². The number of piperazine rings is 1. The number of benzene rings is 2. The smallest absolute Gasteiger partial charge is 0.272 e. The molecule has 6 nitrogen and oxygen atoms in total. The largest absolute Gasteiger partial charge is 0.335 e. The molecule has 1 N–H and O–H groups in total. The molecule has 2 aromatic carbocycles. The van der Waals surface area contributed by atoms with Gasteiger partial charge in [0.2, 0.25) is 0 Å². The van der Waals surface area contributed by atoms with E-state index in [9.17, 15) is 14.0 Å². The van der Waals surface area contributed by atoms with Crippen molar-refractivity contribution in [2.45, 2.75) is 0 Å². The van der Waals surface area contributed by atoms with Crippen LogP contribution in [0.5, 0.6) is 0 Å². The fourth-order valence-corrected chi connectivity index (χ4v) is 3.38. The van der Waals surface area contributed by atoms with Gasteiger partial charge in [0.25, 0.3) is 11.8 Å². The van der Waals surface area contributed by atoms with Crippen LogP contribution in [0.4, 0.5) is 4.39 Å². The van der Waals surface area contributed by atoms with Crippen LogP contribution in [0.3, 0.4) is 0 Å². The summed E-state index contributed by atoms with van der Waals surface area (Å²) in [6.45, 7) is 1.67. The van der Waals surface area contributed by atoms with Crippen molar-refractivity contribution in [2.75, 3.05) is 26.2 Å². The summed E-state index contributed by atoms with van der Waals surface area (Å²) >= 11 is 5.90. The van der Waals surface area contributed by atoms with Gasteiger partial charge in [-0.1, -0.05) is 23.7 Å². The minimum Gasteiger partial charge on any atom is -0.335 e. The molecule has 0 saturated carbocycles. The summed E-state index contributed by atoms with van der Waals surface area (Å²) in [7, 11) is 0. The first-order chi connectivity index (χ1) is 14.0. The molecule has 0 unspecified atom stereocenters. The highest BCUT2D eigenvalue weighted by Crippen LogP contribution is 2.21.